The van der Waals surface area contributed by atoms with Crippen LogP contribution in [0.1, 0.15) is 118 Å². The van der Waals surface area contributed by atoms with Crippen LogP contribution < -0.4 is 54.1 Å². The Bertz CT molecular complexity index is 1440. The number of carbonyl (C=O) groups excluding carboxylic acids is 7. The van der Waals surface area contributed by atoms with Gasteiger partial charge in [0.15, 0.2) is 0 Å². The monoisotopic (exact) mass is 874 g/mol. The molecule has 7 atom stereocenters. The second kappa shape index (κ2) is 30.9. The topological polar surface area (TPSA) is 382 Å². The molecular formula is C39H73N10O12+. The average Bonchev–Trinajstić information content (AvgIpc) is 3.17. The van der Waals surface area contributed by atoms with Gasteiger partial charge >= 0.3 is 11.9 Å². The number of aliphatic hydroxyl groups excluding tert-OH is 3. The summed E-state index contributed by atoms with van der Waals surface area (Å²) in [6.07, 6.45) is 8.82. The molecule has 0 fully saturated rings. The predicted octanol–water partition coefficient (Wildman–Crippen LogP) is -4.43. The minimum atomic E-state index is -1.70. The van der Waals surface area contributed by atoms with Crippen LogP contribution in [0.5, 0.6) is 0 Å². The van der Waals surface area contributed by atoms with Crippen LogP contribution in [-0.2, 0) is 38.4 Å². The number of guanidine groups is 1. The summed E-state index contributed by atoms with van der Waals surface area (Å²) in [5.41, 5.74) is 15.9. The molecule has 22 heteroatoms. The molecule has 0 heterocycles. The molecule has 0 radical (unpaired) electrons. The molecule has 0 aromatic heterocycles. The van der Waals surface area contributed by atoms with E-state index in [0.29, 0.717) is 12.8 Å². The first-order valence-electron chi connectivity index (χ1n) is 21.0. The summed E-state index contributed by atoms with van der Waals surface area (Å²) in [5.74, 6) is -8.91. The normalized spacial score (nSPS) is 14.6. The summed E-state index contributed by atoms with van der Waals surface area (Å²) in [5, 5.41) is 53.2. The minimum Gasteiger partial charge on any atom is -0.480 e. The largest absolute Gasteiger partial charge is 0.480 e. The lowest BCUT2D eigenvalue weighted by molar-refractivity contribution is -0.459. The molecule has 0 aromatic rings. The predicted molar refractivity (Wildman–Crippen MR) is 223 cm³/mol. The number of aliphatic hydroxyl groups is 3. The number of unbranched alkanes of at least 4 members (excludes halogenated alkanes) is 9. The molecule has 0 aromatic carbocycles. The summed E-state index contributed by atoms with van der Waals surface area (Å²) >= 11 is 0. The lowest BCUT2D eigenvalue weighted by atomic mass is 9.99. The maximum atomic E-state index is 13.5. The molecule has 17 N–H and O–H groups in total. The van der Waals surface area contributed by atoms with Gasteiger partial charge in [0.1, 0.15) is 36.3 Å². The molecule has 0 bridgehead atoms. The van der Waals surface area contributed by atoms with Gasteiger partial charge < -0.3 is 58.1 Å². The van der Waals surface area contributed by atoms with Gasteiger partial charge in [-0.3, -0.25) is 54.8 Å². The molecule has 61 heavy (non-hydrogen) atoms. The molecule has 350 valence electrons. The van der Waals surface area contributed by atoms with Crippen molar-refractivity contribution in [1.29, 1.82) is 0 Å². The smallest absolute Gasteiger partial charge is 0.338 e. The molecule has 0 rings (SSSR count). The highest BCUT2D eigenvalue weighted by Crippen LogP contribution is 2.13. The number of nitrogens with one attached hydrogen (secondary N) is 7. The summed E-state index contributed by atoms with van der Waals surface area (Å²) in [6, 6.07) is -8.83. The van der Waals surface area contributed by atoms with Gasteiger partial charge in [0.2, 0.25) is 41.4 Å². The third kappa shape index (κ3) is 24.7. The molecule has 0 spiro atoms. The van der Waals surface area contributed by atoms with Crippen molar-refractivity contribution in [1.82, 2.24) is 31.9 Å². The van der Waals surface area contributed by atoms with Crippen LogP contribution in [0.25, 0.3) is 0 Å². The van der Waals surface area contributed by atoms with E-state index in [-0.39, 0.29) is 12.4 Å². The van der Waals surface area contributed by atoms with Gasteiger partial charge in [-0.2, -0.15) is 0 Å². The quantitative estimate of drug-likeness (QED) is 0.0168. The Morgan fingerprint density at radius 2 is 0.934 bits per heavy atom. The first-order chi connectivity index (χ1) is 28.6. The molecule has 0 aliphatic carbocycles. The van der Waals surface area contributed by atoms with Gasteiger partial charge in [0.05, 0.1) is 38.7 Å². The molecule has 7 unspecified atom stereocenters. The summed E-state index contributed by atoms with van der Waals surface area (Å²) in [6.45, 7) is 6.44. The van der Waals surface area contributed by atoms with Gasteiger partial charge in [0, 0.05) is 0 Å². The van der Waals surface area contributed by atoms with Gasteiger partial charge in [-0.15, -0.1) is 0 Å². The van der Waals surface area contributed by atoms with E-state index in [0.717, 1.165) is 71.3 Å². The van der Waals surface area contributed by atoms with Crippen LogP contribution in [-0.4, -0.2) is 136 Å². The number of carbonyl (C=O) groups is 8. The Morgan fingerprint density at radius 3 is 1.39 bits per heavy atom. The summed E-state index contributed by atoms with van der Waals surface area (Å²) < 4.78 is 0. The molecule has 22 nitrogen and oxygen atoms in total. The molecule has 0 aliphatic heterocycles. The van der Waals surface area contributed by atoms with E-state index in [1.165, 1.54) is 0 Å². The lowest BCUT2D eigenvalue weighted by Crippen LogP contribution is -2.78. The Kier molecular flexibility index (Phi) is 28.3. The maximum Gasteiger partial charge on any atom is 0.338 e. The third-order valence-corrected chi connectivity index (χ3v) is 9.63. The van der Waals surface area contributed by atoms with Gasteiger partial charge in [-0.1, -0.05) is 85.5 Å². The Balaban J connectivity index is 5.16. The van der Waals surface area contributed by atoms with E-state index in [4.69, 9.17) is 22.3 Å². The van der Waals surface area contributed by atoms with Crippen LogP contribution in [0, 0.1) is 11.8 Å². The number of carboxylic acids is 1. The zero-order valence-corrected chi connectivity index (χ0v) is 36.3. The van der Waals surface area contributed by atoms with Crippen LogP contribution in [0.2, 0.25) is 0 Å². The van der Waals surface area contributed by atoms with Crippen molar-refractivity contribution >= 4 is 53.3 Å². The van der Waals surface area contributed by atoms with E-state index < -0.39 is 121 Å². The van der Waals surface area contributed by atoms with Crippen molar-refractivity contribution in [2.75, 3.05) is 19.8 Å². The van der Waals surface area contributed by atoms with Crippen LogP contribution in [0.4, 0.5) is 0 Å². The van der Waals surface area contributed by atoms with Gasteiger partial charge in [-0.25, -0.2) is 0 Å². The van der Waals surface area contributed by atoms with Crippen molar-refractivity contribution in [2.45, 2.75) is 160 Å². The number of hydrogen-bond acceptors (Lipinski definition) is 11. The number of nitrogens with two attached hydrogens (primary N) is 3. The molecule has 0 saturated heterocycles. The van der Waals surface area contributed by atoms with Crippen molar-refractivity contribution in [2.24, 2.45) is 29.0 Å². The standard InChI is InChI=1S/C39H72N10O12/c1-22(2)31(36(58)47-28(21-51)34(56)46-26(19-29(40)53)33(55)44-24(5)38(60)61)49-37(59)32(23(3)4)48-35(57)27(20-50)45-30(54)18-25(52)16-14-12-10-8-6-7-9-11-13-15-17-43-39(41)42/h22-28,31-32,50-52H,6-21H2,1-5H3,(H2,40,53)(H,44,55)(H,45,54)(H,46,56)(H,47,58)(H,48,57)(H,49,59)(H,60,61)(H4,41,42,43)/p+1. The van der Waals surface area contributed by atoms with Crippen molar-refractivity contribution in [3.8, 4) is 0 Å². The molecule has 7 amide bonds. The molecular weight excluding hydrogens is 800 g/mol. The average molecular weight is 874 g/mol. The summed E-state index contributed by atoms with van der Waals surface area (Å²) in [4.78, 5) is 104. The van der Waals surface area contributed by atoms with E-state index >= 15 is 0 Å². The summed E-state index contributed by atoms with van der Waals surface area (Å²) in [7, 11) is 0. The second-order valence-corrected chi connectivity index (χ2v) is 15.9. The Hall–Kier alpha value is -5.09. The molecule has 0 saturated carbocycles. The van der Waals surface area contributed by atoms with Gasteiger partial charge in [-0.05, 0) is 31.6 Å². The fourth-order valence-corrected chi connectivity index (χ4v) is 6.00. The highest BCUT2D eigenvalue weighted by atomic mass is 16.4. The Labute approximate surface area is 357 Å². The first-order valence-corrected chi connectivity index (χ1v) is 21.0. The van der Waals surface area contributed by atoms with Crippen molar-refractivity contribution in [3.05, 3.63) is 0 Å². The lowest BCUT2D eigenvalue weighted by Gasteiger charge is -2.29. The van der Waals surface area contributed by atoms with Crippen molar-refractivity contribution in [3.63, 3.8) is 0 Å². The van der Waals surface area contributed by atoms with Crippen LogP contribution in [0.3, 0.4) is 0 Å². The first kappa shape index (κ1) is 55.9. The number of aliphatic carboxylic acids is 1. The Morgan fingerprint density at radius 1 is 0.525 bits per heavy atom. The number of carboxylic acid groups (broad SMARTS) is 1. The van der Waals surface area contributed by atoms with E-state index in [1.807, 2.05) is 0 Å². The molecule has 0 aliphatic rings. The number of rotatable bonds is 33. The zero-order chi connectivity index (χ0) is 46.7. The second-order valence-electron chi connectivity index (χ2n) is 15.9. The van der Waals surface area contributed by atoms with E-state index in [9.17, 15) is 53.7 Å². The highest BCUT2D eigenvalue weighted by Gasteiger charge is 2.35. The number of amides is 7. The van der Waals surface area contributed by atoms with E-state index in [1.54, 1.807) is 27.7 Å². The van der Waals surface area contributed by atoms with Crippen molar-refractivity contribution < 1.29 is 63.8 Å². The fraction of sp³-hybridized carbons (Fsp3) is 0.769. The zero-order valence-electron chi connectivity index (χ0n) is 36.3. The fourth-order valence-electron chi connectivity index (χ4n) is 6.00. The van der Waals surface area contributed by atoms with Crippen LogP contribution >= 0.6 is 0 Å². The van der Waals surface area contributed by atoms with E-state index in [2.05, 4.69) is 36.9 Å². The number of primary amides is 1. The SMILES string of the molecule is CC(NC(=O)C(CC(N)=O)NC(=O)C(CO)NC(=O)C(NC(=O)C(NC(=O)C(CO)NC(=O)CC(O)CCCCCCCCCCCC[NH+]=C(N)N)C(C)C)C(C)C)C(=O)O. The van der Waals surface area contributed by atoms with Crippen LogP contribution in [0.15, 0.2) is 0 Å². The highest BCUT2D eigenvalue weighted by molar-refractivity contribution is 5.98. The van der Waals surface area contributed by atoms with Gasteiger partial charge in [0.25, 0.3) is 0 Å². The number of hydrogen-bond donors (Lipinski definition) is 14. The maximum absolute atomic E-state index is 13.5. The third-order valence-electron chi connectivity index (χ3n) is 9.63. The minimum absolute atomic E-state index is 0.241.